The van der Waals surface area contributed by atoms with Gasteiger partial charge in [0.15, 0.2) is 0 Å². The topological polar surface area (TPSA) is 58.4 Å². The number of amides is 1. The molecule has 116 valence electrons. The lowest BCUT2D eigenvalue weighted by Gasteiger charge is -2.26. The van der Waals surface area contributed by atoms with Crippen molar-refractivity contribution in [1.82, 2.24) is 4.90 Å². The number of nitrogens with two attached hydrogens (primary N) is 1. The van der Waals surface area contributed by atoms with Crippen LogP contribution in [0.25, 0.3) is 0 Å². The molecule has 1 aromatic carbocycles. The molecule has 4 heteroatoms. The lowest BCUT2D eigenvalue weighted by molar-refractivity contribution is -0.116. The molecule has 21 heavy (non-hydrogen) atoms. The molecule has 3 N–H and O–H groups in total. The van der Waals surface area contributed by atoms with Crippen molar-refractivity contribution in [2.45, 2.75) is 45.7 Å². The first-order valence-corrected chi connectivity index (χ1v) is 7.92. The molecule has 0 saturated heterocycles. The molecule has 0 atom stereocenters. The first-order chi connectivity index (χ1) is 10.1. The fourth-order valence-corrected chi connectivity index (χ4v) is 2.47. The minimum atomic E-state index is 0.0670. The zero-order chi connectivity index (χ0) is 15.2. The first kappa shape index (κ1) is 16.0. The second-order valence-corrected chi connectivity index (χ2v) is 6.19. The Morgan fingerprint density at radius 1 is 1.38 bits per heavy atom. The number of para-hydroxylation sites is 1. The minimum absolute atomic E-state index is 0.0670. The van der Waals surface area contributed by atoms with Gasteiger partial charge in [0.05, 0.1) is 0 Å². The highest BCUT2D eigenvalue weighted by atomic mass is 16.1. The van der Waals surface area contributed by atoms with Crippen molar-refractivity contribution in [3.63, 3.8) is 0 Å². The van der Waals surface area contributed by atoms with E-state index in [1.54, 1.807) is 0 Å². The molecule has 1 amide bonds. The number of benzene rings is 1. The lowest BCUT2D eigenvalue weighted by atomic mass is 10.1. The third-order valence-electron chi connectivity index (χ3n) is 4.06. The third-order valence-corrected chi connectivity index (χ3v) is 4.06. The fraction of sp³-hybridized carbons (Fsp3) is 0.588. The van der Waals surface area contributed by atoms with Crippen LogP contribution in [0.15, 0.2) is 24.3 Å². The molecule has 0 aromatic heterocycles. The summed E-state index contributed by atoms with van der Waals surface area (Å²) in [5.41, 5.74) is 7.50. The molecular formula is C17H27N3O. The van der Waals surface area contributed by atoms with E-state index in [1.165, 1.54) is 12.8 Å². The highest BCUT2D eigenvalue weighted by Gasteiger charge is 2.25. The molecule has 1 aliphatic carbocycles. The Hall–Kier alpha value is -1.39. The van der Waals surface area contributed by atoms with Crippen LogP contribution in [0.4, 0.5) is 5.69 Å². The maximum Gasteiger partial charge on any atom is 0.225 e. The Morgan fingerprint density at radius 2 is 2.10 bits per heavy atom. The van der Waals surface area contributed by atoms with E-state index in [0.717, 1.165) is 30.3 Å². The summed E-state index contributed by atoms with van der Waals surface area (Å²) in [5, 5.41) is 2.98. The van der Waals surface area contributed by atoms with E-state index in [0.29, 0.717) is 19.0 Å². The van der Waals surface area contributed by atoms with Crippen molar-refractivity contribution in [1.29, 1.82) is 0 Å². The molecule has 0 heterocycles. The van der Waals surface area contributed by atoms with E-state index in [9.17, 15) is 4.79 Å². The predicted octanol–water partition coefficient (Wildman–Crippen LogP) is 2.59. The molecule has 1 aliphatic rings. The normalized spacial score (nSPS) is 14.7. The van der Waals surface area contributed by atoms with Gasteiger partial charge >= 0.3 is 0 Å². The highest BCUT2D eigenvalue weighted by Crippen LogP contribution is 2.30. The summed E-state index contributed by atoms with van der Waals surface area (Å²) in [4.78, 5) is 14.5. The van der Waals surface area contributed by atoms with E-state index in [-0.39, 0.29) is 5.91 Å². The van der Waals surface area contributed by atoms with E-state index >= 15 is 0 Å². The van der Waals surface area contributed by atoms with Crippen molar-refractivity contribution in [3.05, 3.63) is 29.8 Å². The van der Waals surface area contributed by atoms with Crippen molar-refractivity contribution < 1.29 is 4.79 Å². The third kappa shape index (κ3) is 5.14. The smallest absolute Gasteiger partial charge is 0.225 e. The van der Waals surface area contributed by atoms with Gasteiger partial charge in [-0.1, -0.05) is 18.2 Å². The van der Waals surface area contributed by atoms with Crippen molar-refractivity contribution >= 4 is 11.6 Å². The molecule has 0 bridgehead atoms. The summed E-state index contributed by atoms with van der Waals surface area (Å²) in [7, 11) is 0. The Kier molecular flexibility index (Phi) is 5.76. The van der Waals surface area contributed by atoms with Crippen LogP contribution >= 0.6 is 0 Å². The summed E-state index contributed by atoms with van der Waals surface area (Å²) in [5.74, 6) is 0.922. The van der Waals surface area contributed by atoms with Gasteiger partial charge in [-0.3, -0.25) is 4.79 Å². The Labute approximate surface area is 127 Å². The molecule has 0 unspecified atom stereocenters. The van der Waals surface area contributed by atoms with E-state index in [4.69, 9.17) is 5.73 Å². The SMILES string of the molecule is CC(C)N(CCC(=O)Nc1ccccc1CN)CC1CC1. The molecule has 2 rings (SSSR count). The van der Waals surface area contributed by atoms with Crippen molar-refractivity contribution in [3.8, 4) is 0 Å². The Balaban J connectivity index is 1.82. The number of nitrogens with zero attached hydrogens (tertiary/aromatic N) is 1. The largest absolute Gasteiger partial charge is 0.326 e. The van der Waals surface area contributed by atoms with E-state index < -0.39 is 0 Å². The summed E-state index contributed by atoms with van der Waals surface area (Å²) >= 11 is 0. The van der Waals surface area contributed by atoms with E-state index in [1.807, 2.05) is 24.3 Å². The number of rotatable bonds is 8. The summed E-state index contributed by atoms with van der Waals surface area (Å²) < 4.78 is 0. The van der Waals surface area contributed by atoms with Crippen LogP contribution in [0.3, 0.4) is 0 Å². The van der Waals surface area contributed by atoms with Crippen LogP contribution in [0.5, 0.6) is 0 Å². The van der Waals surface area contributed by atoms with Gasteiger partial charge in [0.25, 0.3) is 0 Å². The molecule has 1 saturated carbocycles. The second-order valence-electron chi connectivity index (χ2n) is 6.19. The van der Waals surface area contributed by atoms with Crippen LogP contribution < -0.4 is 11.1 Å². The number of nitrogens with one attached hydrogen (secondary N) is 1. The first-order valence-electron chi connectivity index (χ1n) is 7.92. The average Bonchev–Trinajstić information content (AvgIpc) is 3.27. The van der Waals surface area contributed by atoms with Gasteiger partial charge in [-0.2, -0.15) is 0 Å². The van der Waals surface area contributed by atoms with Gasteiger partial charge in [0, 0.05) is 37.8 Å². The van der Waals surface area contributed by atoms with Crippen molar-refractivity contribution in [2.24, 2.45) is 11.7 Å². The predicted molar refractivity (Wildman–Crippen MR) is 87.0 cm³/mol. The molecule has 0 spiro atoms. The van der Waals surface area contributed by atoms with E-state index in [2.05, 4.69) is 24.1 Å². The molecule has 0 aliphatic heterocycles. The number of carbonyl (C=O) groups excluding carboxylic acids is 1. The quantitative estimate of drug-likeness (QED) is 0.773. The fourth-order valence-electron chi connectivity index (χ4n) is 2.47. The maximum absolute atomic E-state index is 12.1. The minimum Gasteiger partial charge on any atom is -0.326 e. The van der Waals surface area contributed by atoms with Crippen LogP contribution in [0, 0.1) is 5.92 Å². The van der Waals surface area contributed by atoms with Gasteiger partial charge in [0.1, 0.15) is 0 Å². The summed E-state index contributed by atoms with van der Waals surface area (Å²) in [6.45, 7) is 6.79. The second kappa shape index (κ2) is 7.57. The lowest BCUT2D eigenvalue weighted by Crippen LogP contribution is -2.35. The highest BCUT2D eigenvalue weighted by molar-refractivity contribution is 5.91. The Morgan fingerprint density at radius 3 is 2.71 bits per heavy atom. The molecule has 1 fully saturated rings. The Bertz CT molecular complexity index is 469. The molecular weight excluding hydrogens is 262 g/mol. The number of hydrogen-bond acceptors (Lipinski definition) is 3. The summed E-state index contributed by atoms with van der Waals surface area (Å²) in [6.07, 6.45) is 3.22. The van der Waals surface area contributed by atoms with Gasteiger partial charge in [0.2, 0.25) is 5.91 Å². The standard InChI is InChI=1S/C17H27N3O/c1-13(2)20(12-14-7-8-14)10-9-17(21)19-16-6-4-3-5-15(16)11-18/h3-6,13-14H,7-12,18H2,1-2H3,(H,19,21). The van der Waals surface area contributed by atoms with Gasteiger partial charge in [-0.15, -0.1) is 0 Å². The van der Waals surface area contributed by atoms with Crippen LogP contribution in [0.1, 0.15) is 38.7 Å². The number of carbonyl (C=O) groups is 1. The van der Waals surface area contributed by atoms with Gasteiger partial charge in [-0.05, 0) is 44.2 Å². The summed E-state index contributed by atoms with van der Waals surface area (Å²) in [6, 6.07) is 8.21. The van der Waals surface area contributed by atoms with Crippen LogP contribution in [-0.2, 0) is 11.3 Å². The number of anilines is 1. The zero-order valence-corrected chi connectivity index (χ0v) is 13.1. The van der Waals surface area contributed by atoms with Crippen LogP contribution in [-0.4, -0.2) is 29.9 Å². The monoisotopic (exact) mass is 289 g/mol. The zero-order valence-electron chi connectivity index (χ0n) is 13.1. The molecule has 4 nitrogen and oxygen atoms in total. The van der Waals surface area contributed by atoms with Gasteiger partial charge < -0.3 is 16.0 Å². The number of hydrogen-bond donors (Lipinski definition) is 2. The molecule has 0 radical (unpaired) electrons. The van der Waals surface area contributed by atoms with Crippen LogP contribution in [0.2, 0.25) is 0 Å². The molecule has 1 aromatic rings. The van der Waals surface area contributed by atoms with Gasteiger partial charge in [-0.25, -0.2) is 0 Å². The maximum atomic E-state index is 12.1. The van der Waals surface area contributed by atoms with Crippen molar-refractivity contribution in [2.75, 3.05) is 18.4 Å². The average molecular weight is 289 g/mol.